The maximum absolute atomic E-state index is 8.73. The minimum atomic E-state index is 0.0776. The maximum atomic E-state index is 8.73. The van der Waals surface area contributed by atoms with Gasteiger partial charge in [0, 0.05) is 0 Å². The highest BCUT2D eigenvalue weighted by molar-refractivity contribution is 5.32. The number of rotatable bonds is 3. The normalized spacial score (nSPS) is 13.1. The molecular formula is C10H14O. The number of aliphatic hydroxyl groups excluding tert-OH is 1. The molecule has 1 N–H and O–H groups in total. The van der Waals surface area contributed by atoms with Crippen LogP contribution in [-0.2, 0) is 0 Å². The smallest absolute Gasteiger partial charge is 0.108 e. The van der Waals surface area contributed by atoms with Gasteiger partial charge in [-0.2, -0.15) is 0 Å². The Balaban J connectivity index is 4.21. The summed E-state index contributed by atoms with van der Waals surface area (Å²) in [6.45, 7) is 7.23. The topological polar surface area (TPSA) is 20.2 Å². The molecule has 0 aromatic rings. The van der Waals surface area contributed by atoms with Gasteiger partial charge in [0.05, 0.1) is 0 Å². The molecule has 0 spiro atoms. The van der Waals surface area contributed by atoms with Crippen LogP contribution < -0.4 is 0 Å². The first-order valence-electron chi connectivity index (χ1n) is 3.55. The van der Waals surface area contributed by atoms with Gasteiger partial charge >= 0.3 is 0 Å². The molecule has 0 heterocycles. The monoisotopic (exact) mass is 150 g/mol. The van der Waals surface area contributed by atoms with Crippen LogP contribution in [0.3, 0.4) is 0 Å². The van der Waals surface area contributed by atoms with Crippen LogP contribution >= 0.6 is 0 Å². The largest absolute Gasteiger partial charge is 0.509 e. The zero-order valence-corrected chi connectivity index (χ0v) is 7.04. The van der Waals surface area contributed by atoms with Gasteiger partial charge in [-0.05, 0) is 25.5 Å². The second kappa shape index (κ2) is 5.54. The summed E-state index contributed by atoms with van der Waals surface area (Å²) < 4.78 is 0. The van der Waals surface area contributed by atoms with E-state index in [0.717, 1.165) is 5.57 Å². The van der Waals surface area contributed by atoms with Crippen molar-refractivity contribution in [3.8, 4) is 0 Å². The molecule has 0 unspecified atom stereocenters. The van der Waals surface area contributed by atoms with Gasteiger partial charge in [-0.3, -0.25) is 0 Å². The Bertz CT molecular complexity index is 207. The van der Waals surface area contributed by atoms with Crippen LogP contribution in [0.1, 0.15) is 13.8 Å². The summed E-state index contributed by atoms with van der Waals surface area (Å²) in [5.41, 5.74) is 1.06. The molecule has 0 aromatic carbocycles. The van der Waals surface area contributed by atoms with Gasteiger partial charge in [0.1, 0.15) is 5.76 Å². The molecule has 0 saturated heterocycles. The van der Waals surface area contributed by atoms with Gasteiger partial charge in [0.2, 0.25) is 0 Å². The second-order valence-electron chi connectivity index (χ2n) is 2.11. The molecule has 0 rings (SSSR count). The van der Waals surface area contributed by atoms with Gasteiger partial charge in [-0.15, -0.1) is 0 Å². The fourth-order valence-corrected chi connectivity index (χ4v) is 0.633. The van der Waals surface area contributed by atoms with Gasteiger partial charge < -0.3 is 5.11 Å². The molecule has 0 atom stereocenters. The predicted octanol–water partition coefficient (Wildman–Crippen LogP) is 3.14. The molecule has 60 valence electrons. The first-order valence-corrected chi connectivity index (χ1v) is 3.55. The number of hydrogen-bond donors (Lipinski definition) is 1. The van der Waals surface area contributed by atoms with E-state index in [9.17, 15) is 0 Å². The summed E-state index contributed by atoms with van der Waals surface area (Å²) >= 11 is 0. The van der Waals surface area contributed by atoms with Crippen molar-refractivity contribution in [1.82, 2.24) is 0 Å². The Labute approximate surface area is 68.1 Å². The summed E-state index contributed by atoms with van der Waals surface area (Å²) in [5.74, 6) is 0.0776. The summed E-state index contributed by atoms with van der Waals surface area (Å²) in [4.78, 5) is 0. The molecule has 0 aliphatic carbocycles. The molecule has 0 fully saturated rings. The summed E-state index contributed by atoms with van der Waals surface area (Å²) in [7, 11) is 0. The minimum absolute atomic E-state index is 0.0776. The SMILES string of the molecule is C=C(O)\C=C/C(=C\C)/C=C/C. The first-order chi connectivity index (χ1) is 5.20. The lowest BCUT2D eigenvalue weighted by Gasteiger charge is -1.90. The lowest BCUT2D eigenvalue weighted by atomic mass is 10.2. The summed E-state index contributed by atoms with van der Waals surface area (Å²) in [5, 5.41) is 8.73. The Hall–Kier alpha value is -1.24. The van der Waals surface area contributed by atoms with E-state index in [1.165, 1.54) is 0 Å². The van der Waals surface area contributed by atoms with Gasteiger partial charge in [-0.1, -0.05) is 30.9 Å². The second-order valence-corrected chi connectivity index (χ2v) is 2.11. The van der Waals surface area contributed by atoms with Crippen molar-refractivity contribution in [3.63, 3.8) is 0 Å². The molecule has 0 aliphatic rings. The average Bonchev–Trinajstić information content (AvgIpc) is 1.97. The maximum Gasteiger partial charge on any atom is 0.108 e. The third-order valence-corrected chi connectivity index (χ3v) is 1.16. The van der Waals surface area contributed by atoms with Crippen molar-refractivity contribution in [1.29, 1.82) is 0 Å². The molecule has 0 aromatic heterocycles. The van der Waals surface area contributed by atoms with Crippen molar-refractivity contribution in [3.05, 3.63) is 48.3 Å². The van der Waals surface area contributed by atoms with Crippen molar-refractivity contribution < 1.29 is 5.11 Å². The van der Waals surface area contributed by atoms with E-state index in [1.807, 2.05) is 38.2 Å². The molecular weight excluding hydrogens is 136 g/mol. The average molecular weight is 150 g/mol. The number of hydrogen-bond acceptors (Lipinski definition) is 1. The third kappa shape index (κ3) is 5.22. The van der Waals surface area contributed by atoms with Gasteiger partial charge in [0.25, 0.3) is 0 Å². The van der Waals surface area contributed by atoms with Crippen LogP contribution in [0.15, 0.2) is 48.3 Å². The van der Waals surface area contributed by atoms with Crippen LogP contribution in [0.4, 0.5) is 0 Å². The molecule has 1 heteroatoms. The highest BCUT2D eigenvalue weighted by Gasteiger charge is 1.81. The predicted molar refractivity (Wildman–Crippen MR) is 49.5 cm³/mol. The molecule has 0 amide bonds. The van der Waals surface area contributed by atoms with Gasteiger partial charge in [-0.25, -0.2) is 0 Å². The Morgan fingerprint density at radius 3 is 2.18 bits per heavy atom. The highest BCUT2D eigenvalue weighted by atomic mass is 16.3. The van der Waals surface area contributed by atoms with E-state index >= 15 is 0 Å². The standard InChI is InChI=1S/C10H14O/c1-4-6-10(5-2)8-7-9(3)11/h4-8,11H,3H2,1-2H3/b6-4+,8-7-,10-5-. The van der Waals surface area contributed by atoms with Crippen molar-refractivity contribution in [2.24, 2.45) is 0 Å². The van der Waals surface area contributed by atoms with E-state index in [1.54, 1.807) is 6.08 Å². The Kier molecular flexibility index (Phi) is 4.91. The van der Waals surface area contributed by atoms with Crippen molar-refractivity contribution in [2.75, 3.05) is 0 Å². The zero-order valence-electron chi connectivity index (χ0n) is 7.04. The van der Waals surface area contributed by atoms with Crippen LogP contribution in [0, 0.1) is 0 Å². The molecule has 0 aliphatic heterocycles. The van der Waals surface area contributed by atoms with E-state index in [2.05, 4.69) is 6.58 Å². The van der Waals surface area contributed by atoms with E-state index in [4.69, 9.17) is 5.11 Å². The first kappa shape index (κ1) is 9.76. The highest BCUT2D eigenvalue weighted by Crippen LogP contribution is 2.00. The zero-order chi connectivity index (χ0) is 8.69. The quantitative estimate of drug-likeness (QED) is 0.484. The lowest BCUT2D eigenvalue weighted by molar-refractivity contribution is 0.435. The number of aliphatic hydroxyl groups is 1. The Morgan fingerprint density at radius 2 is 1.82 bits per heavy atom. The van der Waals surface area contributed by atoms with Crippen molar-refractivity contribution in [2.45, 2.75) is 13.8 Å². The fraction of sp³-hybridized carbons (Fsp3) is 0.200. The molecule has 1 nitrogen and oxygen atoms in total. The molecule has 0 saturated carbocycles. The minimum Gasteiger partial charge on any atom is -0.509 e. The van der Waals surface area contributed by atoms with E-state index < -0.39 is 0 Å². The van der Waals surface area contributed by atoms with E-state index in [-0.39, 0.29) is 5.76 Å². The van der Waals surface area contributed by atoms with Crippen LogP contribution in [0.25, 0.3) is 0 Å². The fourth-order valence-electron chi connectivity index (χ4n) is 0.633. The third-order valence-electron chi connectivity index (χ3n) is 1.16. The Morgan fingerprint density at radius 1 is 1.18 bits per heavy atom. The molecule has 11 heavy (non-hydrogen) atoms. The van der Waals surface area contributed by atoms with Crippen LogP contribution in [-0.4, -0.2) is 5.11 Å². The summed E-state index contributed by atoms with van der Waals surface area (Å²) in [6.07, 6.45) is 9.23. The molecule has 0 radical (unpaired) electrons. The molecule has 0 bridgehead atoms. The lowest BCUT2D eigenvalue weighted by Crippen LogP contribution is -1.71. The van der Waals surface area contributed by atoms with Crippen LogP contribution in [0.5, 0.6) is 0 Å². The van der Waals surface area contributed by atoms with E-state index in [0.29, 0.717) is 0 Å². The number of allylic oxidation sites excluding steroid dienone is 6. The van der Waals surface area contributed by atoms with Crippen molar-refractivity contribution >= 4 is 0 Å². The van der Waals surface area contributed by atoms with Gasteiger partial charge in [0.15, 0.2) is 0 Å². The van der Waals surface area contributed by atoms with Crippen LogP contribution in [0.2, 0.25) is 0 Å². The summed E-state index contributed by atoms with van der Waals surface area (Å²) in [6, 6.07) is 0.